The van der Waals surface area contributed by atoms with Crippen LogP contribution in [0, 0.1) is 0 Å². The van der Waals surface area contributed by atoms with Gasteiger partial charge in [-0.25, -0.2) is 9.59 Å². The van der Waals surface area contributed by atoms with E-state index in [1.54, 1.807) is 12.2 Å². The number of allylic oxidation sites excluding steroid dienone is 2. The monoisotopic (exact) mass is 640 g/mol. The Kier molecular flexibility index (Phi) is 13.4. The fraction of sp³-hybridized carbons (Fsp3) is 0.263. The van der Waals surface area contributed by atoms with Gasteiger partial charge in [0.2, 0.25) is 0 Å². The first kappa shape index (κ1) is 34.7. The smallest absolute Gasteiger partial charge is 0.330 e. The number of benzene rings is 3. The Labute approximate surface area is 275 Å². The first-order chi connectivity index (χ1) is 23.0. The van der Waals surface area contributed by atoms with Crippen molar-refractivity contribution in [1.29, 1.82) is 0 Å². The zero-order valence-corrected chi connectivity index (χ0v) is 26.4. The van der Waals surface area contributed by atoms with E-state index < -0.39 is 24.1 Å². The number of hydrogen-bond donors (Lipinski definition) is 0. The first-order valence-electron chi connectivity index (χ1n) is 15.2. The molecule has 0 saturated carbocycles. The highest BCUT2D eigenvalue weighted by atomic mass is 16.6. The lowest BCUT2D eigenvalue weighted by Crippen LogP contribution is -2.30. The third-order valence-corrected chi connectivity index (χ3v) is 7.01. The fourth-order valence-electron chi connectivity index (χ4n) is 4.97. The Bertz CT molecular complexity index is 1590. The van der Waals surface area contributed by atoms with Gasteiger partial charge in [0.15, 0.2) is 12.2 Å². The molecule has 0 spiro atoms. The number of carbonyl (C=O) groups is 2. The average Bonchev–Trinajstić information content (AvgIpc) is 3.09. The number of para-hydroxylation sites is 1. The van der Waals surface area contributed by atoms with E-state index in [-0.39, 0.29) is 26.4 Å². The zero-order chi connectivity index (χ0) is 33.4. The van der Waals surface area contributed by atoms with Gasteiger partial charge in [0, 0.05) is 40.5 Å². The van der Waals surface area contributed by atoms with Gasteiger partial charge < -0.3 is 33.2 Å². The zero-order valence-electron chi connectivity index (χ0n) is 26.4. The Morgan fingerprint density at radius 3 is 1.70 bits per heavy atom. The molecule has 3 aromatic rings. The van der Waals surface area contributed by atoms with Crippen LogP contribution in [0.15, 0.2) is 117 Å². The van der Waals surface area contributed by atoms with E-state index in [1.807, 2.05) is 60.7 Å². The number of esters is 2. The van der Waals surface area contributed by atoms with E-state index in [1.165, 1.54) is 0 Å². The Morgan fingerprint density at radius 1 is 0.681 bits per heavy atom. The summed E-state index contributed by atoms with van der Waals surface area (Å²) in [5.74, 6) is 1.54. The van der Waals surface area contributed by atoms with E-state index >= 15 is 0 Å². The number of hydrogen-bond acceptors (Lipinski definition) is 9. The van der Waals surface area contributed by atoms with Crippen molar-refractivity contribution in [2.45, 2.75) is 25.0 Å². The Hall–Kier alpha value is -5.12. The van der Waals surface area contributed by atoms with Gasteiger partial charge in [-0.1, -0.05) is 67.8 Å². The van der Waals surface area contributed by atoms with Crippen LogP contribution < -0.4 is 14.2 Å². The summed E-state index contributed by atoms with van der Waals surface area (Å²) in [6, 6.07) is 17.2. The third-order valence-electron chi connectivity index (χ3n) is 7.01. The van der Waals surface area contributed by atoms with Crippen LogP contribution in [0.5, 0.6) is 17.2 Å². The molecule has 47 heavy (non-hydrogen) atoms. The van der Waals surface area contributed by atoms with Gasteiger partial charge >= 0.3 is 11.9 Å². The number of fused-ring (bicyclic) bond motifs is 2. The lowest BCUT2D eigenvalue weighted by molar-refractivity contribution is -0.148. The molecule has 0 fully saturated rings. The molecule has 1 aliphatic rings. The number of ether oxygens (including phenoxy) is 7. The maximum absolute atomic E-state index is 12.1. The fourth-order valence-corrected chi connectivity index (χ4v) is 4.97. The van der Waals surface area contributed by atoms with Crippen molar-refractivity contribution in [1.82, 2.24) is 0 Å². The molecule has 246 valence electrons. The molecule has 0 saturated heterocycles. The molecule has 2 atom stereocenters. The first-order valence-corrected chi connectivity index (χ1v) is 15.2. The maximum Gasteiger partial charge on any atom is 0.330 e. The Morgan fingerprint density at radius 2 is 1.19 bits per heavy atom. The van der Waals surface area contributed by atoms with Crippen LogP contribution in [0.25, 0.3) is 10.8 Å². The van der Waals surface area contributed by atoms with Gasteiger partial charge in [0.1, 0.15) is 36.2 Å². The summed E-state index contributed by atoms with van der Waals surface area (Å²) in [6.07, 6.45) is 6.93. The van der Waals surface area contributed by atoms with Crippen molar-refractivity contribution >= 4 is 22.7 Å². The van der Waals surface area contributed by atoms with Crippen molar-refractivity contribution < 1.29 is 42.7 Å². The van der Waals surface area contributed by atoms with Crippen molar-refractivity contribution in [3.8, 4) is 17.2 Å². The minimum atomic E-state index is -0.708. The highest BCUT2D eigenvalue weighted by Crippen LogP contribution is 2.44. The van der Waals surface area contributed by atoms with Crippen molar-refractivity contribution in [3.05, 3.63) is 128 Å². The van der Waals surface area contributed by atoms with Gasteiger partial charge in [-0.2, -0.15) is 0 Å². The van der Waals surface area contributed by atoms with E-state index in [4.69, 9.17) is 33.2 Å². The minimum absolute atomic E-state index is 0.0200. The Balaban J connectivity index is 1.72. The van der Waals surface area contributed by atoms with E-state index in [0.29, 0.717) is 43.3 Å². The summed E-state index contributed by atoms with van der Waals surface area (Å²) in [4.78, 5) is 24.2. The molecule has 9 nitrogen and oxygen atoms in total. The second-order valence-electron chi connectivity index (χ2n) is 10.4. The molecule has 0 radical (unpaired) electrons. The molecule has 2 unspecified atom stereocenters. The third kappa shape index (κ3) is 9.93. The lowest BCUT2D eigenvalue weighted by Gasteiger charge is -2.27. The largest absolute Gasteiger partial charge is 0.489 e. The molecule has 0 aliphatic heterocycles. The summed E-state index contributed by atoms with van der Waals surface area (Å²) in [5, 5.41) is 1.58. The SMILES string of the molecule is C=CCOCC(COc1c2c(c(OCC(COCC=C)OC(=O)C=C)c3ccccc13)CC(Oc1ccccc1)=CC2)OC(=O)C=C. The molecule has 9 heteroatoms. The van der Waals surface area contributed by atoms with Crippen LogP contribution in [0.4, 0.5) is 0 Å². The van der Waals surface area contributed by atoms with Gasteiger partial charge in [-0.05, 0) is 24.6 Å². The lowest BCUT2D eigenvalue weighted by atomic mass is 9.89. The highest BCUT2D eigenvalue weighted by molar-refractivity contribution is 5.96. The quantitative estimate of drug-likeness (QED) is 0.0614. The minimum Gasteiger partial charge on any atom is -0.489 e. The van der Waals surface area contributed by atoms with Crippen LogP contribution in [0.3, 0.4) is 0 Å². The molecule has 3 aromatic carbocycles. The van der Waals surface area contributed by atoms with E-state index in [2.05, 4.69) is 26.3 Å². The molecular weight excluding hydrogens is 600 g/mol. The maximum atomic E-state index is 12.1. The number of rotatable bonds is 20. The molecule has 1 aliphatic carbocycles. The second-order valence-corrected chi connectivity index (χ2v) is 10.4. The van der Waals surface area contributed by atoms with E-state index in [9.17, 15) is 9.59 Å². The molecular formula is C38H40O9. The summed E-state index contributed by atoms with van der Waals surface area (Å²) < 4.78 is 41.4. The van der Waals surface area contributed by atoms with Crippen molar-refractivity contribution in [3.63, 3.8) is 0 Å². The molecule has 0 bridgehead atoms. The van der Waals surface area contributed by atoms with E-state index in [0.717, 1.165) is 39.8 Å². The van der Waals surface area contributed by atoms with Gasteiger partial charge in [-0.3, -0.25) is 0 Å². The van der Waals surface area contributed by atoms with Crippen molar-refractivity contribution in [2.24, 2.45) is 0 Å². The second kappa shape index (κ2) is 18.1. The van der Waals surface area contributed by atoms with Gasteiger partial charge in [0.25, 0.3) is 0 Å². The normalized spacial score (nSPS) is 13.2. The van der Waals surface area contributed by atoms with Crippen molar-refractivity contribution in [2.75, 3.05) is 39.6 Å². The molecule has 0 amide bonds. The number of carbonyl (C=O) groups excluding carboxylic acids is 2. The standard InChI is InChI=1S/C38H40O9/c1-5-20-41-23-29(46-35(39)7-3)25-43-37-31-16-12-13-17-32(31)38(44-26-30(24-42-21-6-2)47-36(40)8-4)34-22-28(18-19-33(34)37)45-27-14-10-9-11-15-27/h5-18,29-30H,1-4,19-26H2. The molecule has 0 aromatic heterocycles. The topological polar surface area (TPSA) is 98.8 Å². The van der Waals surface area contributed by atoms with Crippen LogP contribution in [0.1, 0.15) is 11.1 Å². The average molecular weight is 641 g/mol. The summed E-state index contributed by atoms with van der Waals surface area (Å²) >= 11 is 0. The van der Waals surface area contributed by atoms with Crippen LogP contribution in [-0.4, -0.2) is 63.8 Å². The summed E-state index contributed by atoms with van der Waals surface area (Å²) in [6.45, 7) is 15.2. The summed E-state index contributed by atoms with van der Waals surface area (Å²) in [5.41, 5.74) is 1.75. The predicted octanol–water partition coefficient (Wildman–Crippen LogP) is 6.26. The predicted molar refractivity (Wildman–Crippen MR) is 180 cm³/mol. The van der Waals surface area contributed by atoms with Gasteiger partial charge in [0.05, 0.1) is 26.4 Å². The van der Waals surface area contributed by atoms with Crippen LogP contribution >= 0.6 is 0 Å². The molecule has 0 N–H and O–H groups in total. The van der Waals surface area contributed by atoms with Crippen LogP contribution in [-0.2, 0) is 41.4 Å². The highest BCUT2D eigenvalue weighted by Gasteiger charge is 2.27. The molecule has 4 rings (SSSR count). The van der Waals surface area contributed by atoms with Gasteiger partial charge in [-0.15, -0.1) is 13.2 Å². The summed E-state index contributed by atoms with van der Waals surface area (Å²) in [7, 11) is 0. The molecule has 0 heterocycles. The van der Waals surface area contributed by atoms with Crippen LogP contribution in [0.2, 0.25) is 0 Å².